The van der Waals surface area contributed by atoms with Crippen molar-refractivity contribution in [1.82, 2.24) is 16.1 Å². The quantitative estimate of drug-likeness (QED) is 0.189. The number of hydroxylamine groups is 1. The normalized spacial score (nSPS) is 11.7. The Labute approximate surface area is 194 Å². The molecular formula is C21H29Cl2N5O3. The first-order valence-electron chi connectivity index (χ1n) is 9.36. The maximum atomic E-state index is 12.2. The minimum absolute atomic E-state index is 0. The van der Waals surface area contributed by atoms with Gasteiger partial charge in [0.1, 0.15) is 11.9 Å². The number of nitrogens with two attached hydrogens (primary N) is 1. The smallest absolute Gasteiger partial charge is 0.242 e. The zero-order chi connectivity index (χ0) is 21.2. The Morgan fingerprint density at radius 3 is 2.19 bits per heavy atom. The summed E-state index contributed by atoms with van der Waals surface area (Å²) in [5.41, 5.74) is 10.2. The van der Waals surface area contributed by atoms with Crippen molar-refractivity contribution in [3.63, 3.8) is 0 Å². The molecule has 2 rings (SSSR count). The van der Waals surface area contributed by atoms with Crippen LogP contribution in [0.2, 0.25) is 0 Å². The Balaban J connectivity index is 0.00000450. The monoisotopic (exact) mass is 469 g/mol. The van der Waals surface area contributed by atoms with Crippen LogP contribution in [0.3, 0.4) is 0 Å². The van der Waals surface area contributed by atoms with Crippen molar-refractivity contribution in [1.29, 1.82) is 5.41 Å². The van der Waals surface area contributed by atoms with Gasteiger partial charge in [-0.1, -0.05) is 54.6 Å². The zero-order valence-electron chi connectivity index (χ0n) is 17.1. The van der Waals surface area contributed by atoms with E-state index in [1.807, 2.05) is 30.3 Å². The Kier molecular flexibility index (Phi) is 13.1. The SMILES string of the molecule is CC(NC(=O)C(N)CCc1ccccc1)C(=O)NCc1ccc(C(=N)NO)cc1.Cl.Cl. The van der Waals surface area contributed by atoms with Gasteiger partial charge in [0.15, 0.2) is 0 Å². The van der Waals surface area contributed by atoms with Gasteiger partial charge >= 0.3 is 0 Å². The van der Waals surface area contributed by atoms with Gasteiger partial charge in [0.05, 0.1) is 6.04 Å². The summed E-state index contributed by atoms with van der Waals surface area (Å²) in [5, 5.41) is 21.6. The molecule has 31 heavy (non-hydrogen) atoms. The molecule has 2 aromatic carbocycles. The second-order valence-corrected chi connectivity index (χ2v) is 6.76. The lowest BCUT2D eigenvalue weighted by Crippen LogP contribution is -2.50. The fourth-order valence-electron chi connectivity index (χ4n) is 2.68. The largest absolute Gasteiger partial charge is 0.350 e. The number of benzene rings is 2. The van der Waals surface area contributed by atoms with Gasteiger partial charge in [-0.3, -0.25) is 25.7 Å². The Hall–Kier alpha value is -2.65. The lowest BCUT2D eigenvalue weighted by molar-refractivity contribution is -0.129. The van der Waals surface area contributed by atoms with E-state index < -0.39 is 12.1 Å². The van der Waals surface area contributed by atoms with Crippen LogP contribution in [0, 0.1) is 5.41 Å². The van der Waals surface area contributed by atoms with Crippen molar-refractivity contribution in [2.45, 2.75) is 38.4 Å². The highest BCUT2D eigenvalue weighted by molar-refractivity contribution is 5.95. The first kappa shape index (κ1) is 28.4. The molecule has 0 fully saturated rings. The molecule has 0 aliphatic heterocycles. The highest BCUT2D eigenvalue weighted by atomic mass is 35.5. The van der Waals surface area contributed by atoms with Gasteiger partial charge in [-0.05, 0) is 30.9 Å². The molecule has 2 unspecified atom stereocenters. The molecule has 7 N–H and O–H groups in total. The van der Waals surface area contributed by atoms with E-state index in [1.165, 1.54) is 0 Å². The number of nitrogens with one attached hydrogen (secondary N) is 4. The van der Waals surface area contributed by atoms with Crippen LogP contribution in [0.15, 0.2) is 54.6 Å². The zero-order valence-corrected chi connectivity index (χ0v) is 18.8. The average molecular weight is 470 g/mol. The lowest BCUT2D eigenvalue weighted by Gasteiger charge is -2.17. The maximum Gasteiger partial charge on any atom is 0.242 e. The standard InChI is InChI=1S/C21H27N5O3.2ClH/c1-14(25-21(28)18(22)12-9-15-5-3-2-4-6-15)20(27)24-13-16-7-10-17(11-8-16)19(23)26-29;;/h2-8,10-11,14,18,29H,9,12-13,22H2,1H3,(H2,23,26)(H,24,27)(H,25,28);2*1H. The molecule has 0 bridgehead atoms. The number of carbonyl (C=O) groups excluding carboxylic acids is 2. The van der Waals surface area contributed by atoms with E-state index in [1.54, 1.807) is 36.7 Å². The van der Waals surface area contributed by atoms with Crippen molar-refractivity contribution in [3.8, 4) is 0 Å². The summed E-state index contributed by atoms with van der Waals surface area (Å²) in [4.78, 5) is 24.5. The first-order valence-corrected chi connectivity index (χ1v) is 9.36. The van der Waals surface area contributed by atoms with Crippen LogP contribution >= 0.6 is 24.8 Å². The first-order chi connectivity index (χ1) is 13.9. The fourth-order valence-corrected chi connectivity index (χ4v) is 2.68. The molecular weight excluding hydrogens is 441 g/mol. The van der Waals surface area contributed by atoms with Crippen LogP contribution in [0.25, 0.3) is 0 Å². The number of hydrogen-bond acceptors (Lipinski definition) is 5. The number of halogens is 2. The summed E-state index contributed by atoms with van der Waals surface area (Å²) >= 11 is 0. The predicted molar refractivity (Wildman–Crippen MR) is 125 cm³/mol. The fraction of sp³-hybridized carbons (Fsp3) is 0.286. The second-order valence-electron chi connectivity index (χ2n) is 6.76. The Morgan fingerprint density at radius 2 is 1.61 bits per heavy atom. The molecule has 0 saturated carbocycles. The third-order valence-corrected chi connectivity index (χ3v) is 4.50. The molecule has 2 atom stereocenters. The van der Waals surface area contributed by atoms with E-state index in [2.05, 4.69) is 10.6 Å². The summed E-state index contributed by atoms with van der Waals surface area (Å²) in [6.45, 7) is 1.88. The summed E-state index contributed by atoms with van der Waals surface area (Å²) in [5.74, 6) is -0.786. The molecule has 0 radical (unpaired) electrons. The average Bonchev–Trinajstić information content (AvgIpc) is 2.76. The highest BCUT2D eigenvalue weighted by Crippen LogP contribution is 2.05. The second kappa shape index (κ2) is 14.4. The van der Waals surface area contributed by atoms with Crippen LogP contribution in [0.1, 0.15) is 30.0 Å². The summed E-state index contributed by atoms with van der Waals surface area (Å²) < 4.78 is 0. The van der Waals surface area contributed by atoms with Gasteiger partial charge < -0.3 is 16.4 Å². The molecule has 0 aromatic heterocycles. The predicted octanol–water partition coefficient (Wildman–Crippen LogP) is 1.92. The Bertz CT molecular complexity index is 835. The number of aryl methyl sites for hydroxylation is 1. The third kappa shape index (κ3) is 9.35. The molecule has 0 heterocycles. The summed E-state index contributed by atoms with van der Waals surface area (Å²) in [6, 6.07) is 15.2. The molecule has 0 aliphatic carbocycles. The van der Waals surface area contributed by atoms with Gasteiger partial charge in [0, 0.05) is 12.1 Å². The number of hydrogen-bond donors (Lipinski definition) is 6. The molecule has 10 heteroatoms. The van der Waals surface area contributed by atoms with Crippen LogP contribution in [-0.2, 0) is 22.6 Å². The van der Waals surface area contributed by atoms with Crippen molar-refractivity contribution < 1.29 is 14.8 Å². The van der Waals surface area contributed by atoms with E-state index >= 15 is 0 Å². The number of rotatable bonds is 9. The molecule has 0 aliphatic rings. The van der Waals surface area contributed by atoms with Crippen molar-refractivity contribution in [2.24, 2.45) is 5.73 Å². The van der Waals surface area contributed by atoms with E-state index in [9.17, 15) is 9.59 Å². The maximum absolute atomic E-state index is 12.2. The number of amides is 2. The van der Waals surface area contributed by atoms with Crippen molar-refractivity contribution in [3.05, 3.63) is 71.3 Å². The molecule has 8 nitrogen and oxygen atoms in total. The molecule has 2 aromatic rings. The van der Waals surface area contributed by atoms with E-state index in [0.717, 1.165) is 11.1 Å². The van der Waals surface area contributed by atoms with Crippen molar-refractivity contribution >= 4 is 42.5 Å². The van der Waals surface area contributed by atoms with E-state index in [4.69, 9.17) is 16.4 Å². The highest BCUT2D eigenvalue weighted by Gasteiger charge is 2.19. The molecule has 2 amide bonds. The van der Waals surface area contributed by atoms with Gasteiger partial charge in [-0.2, -0.15) is 0 Å². The third-order valence-electron chi connectivity index (χ3n) is 4.50. The summed E-state index contributed by atoms with van der Waals surface area (Å²) in [7, 11) is 0. The topological polar surface area (TPSA) is 140 Å². The molecule has 0 saturated heterocycles. The summed E-state index contributed by atoms with van der Waals surface area (Å²) in [6.07, 6.45) is 1.18. The van der Waals surface area contributed by atoms with E-state index in [0.29, 0.717) is 18.4 Å². The van der Waals surface area contributed by atoms with Crippen molar-refractivity contribution in [2.75, 3.05) is 0 Å². The Morgan fingerprint density at radius 1 is 1.00 bits per heavy atom. The number of amidine groups is 1. The van der Waals surface area contributed by atoms with Crippen LogP contribution in [-0.4, -0.2) is 34.9 Å². The molecule has 170 valence electrons. The van der Waals surface area contributed by atoms with Gasteiger partial charge in [0.2, 0.25) is 11.8 Å². The van der Waals surface area contributed by atoms with Gasteiger partial charge in [0.25, 0.3) is 0 Å². The lowest BCUT2D eigenvalue weighted by atomic mass is 10.1. The molecule has 0 spiro atoms. The minimum Gasteiger partial charge on any atom is -0.350 e. The number of carbonyl (C=O) groups is 2. The van der Waals surface area contributed by atoms with Gasteiger partial charge in [-0.25, -0.2) is 0 Å². The minimum atomic E-state index is -0.712. The van der Waals surface area contributed by atoms with Gasteiger partial charge in [-0.15, -0.1) is 24.8 Å². The van der Waals surface area contributed by atoms with Crippen LogP contribution in [0.5, 0.6) is 0 Å². The van der Waals surface area contributed by atoms with Crippen LogP contribution in [0.4, 0.5) is 0 Å². The van der Waals surface area contributed by atoms with Crippen LogP contribution < -0.4 is 21.8 Å². The van der Waals surface area contributed by atoms with E-state index in [-0.39, 0.29) is 49.0 Å².